The third-order valence-corrected chi connectivity index (χ3v) is 5.54. The first-order valence-corrected chi connectivity index (χ1v) is 9.72. The maximum Gasteiger partial charge on any atom is 0.277 e. The zero-order valence-corrected chi connectivity index (χ0v) is 15.7. The molecule has 1 aromatic heterocycles. The molecule has 1 fully saturated rings. The average Bonchev–Trinajstić information content (AvgIpc) is 2.90. The number of aromatic nitrogens is 3. The van der Waals surface area contributed by atoms with E-state index >= 15 is 0 Å². The van der Waals surface area contributed by atoms with Gasteiger partial charge in [-0.15, -0.1) is 10.2 Å². The van der Waals surface area contributed by atoms with E-state index in [1.807, 2.05) is 18.7 Å². The number of nitrogens with zero attached hydrogens (tertiary/aromatic N) is 4. The van der Waals surface area contributed by atoms with Crippen LogP contribution in [0.4, 0.5) is 0 Å². The Hall–Kier alpha value is -1.08. The van der Waals surface area contributed by atoms with Gasteiger partial charge in [0.2, 0.25) is 0 Å². The Labute approximate surface area is 143 Å². The molecule has 1 unspecified atom stereocenters. The largest absolute Gasteiger partial charge is 0.338 e. The second-order valence-electron chi connectivity index (χ2n) is 6.12. The van der Waals surface area contributed by atoms with Gasteiger partial charge in [-0.25, -0.2) is 0 Å². The Morgan fingerprint density at radius 1 is 1.35 bits per heavy atom. The predicted molar refractivity (Wildman–Crippen MR) is 92.9 cm³/mol. The van der Waals surface area contributed by atoms with Crippen molar-refractivity contribution in [1.82, 2.24) is 19.7 Å². The summed E-state index contributed by atoms with van der Waals surface area (Å²) in [6, 6.07) is 0. The first-order chi connectivity index (χ1) is 11.1. The molecule has 0 aromatic carbocycles. The molecule has 130 valence electrons. The fourth-order valence-electron chi connectivity index (χ4n) is 3.37. The molecule has 2 heterocycles. The summed E-state index contributed by atoms with van der Waals surface area (Å²) in [4.78, 5) is 15.6. The summed E-state index contributed by atoms with van der Waals surface area (Å²) in [6.07, 6.45) is 2.29. The van der Waals surface area contributed by atoms with E-state index < -0.39 is 0 Å². The van der Waals surface area contributed by atoms with Crippen molar-refractivity contribution < 1.29 is 9.69 Å². The molecule has 1 saturated heterocycles. The predicted octanol–water partition coefficient (Wildman–Crippen LogP) is 0.558. The minimum atomic E-state index is 0.269. The maximum atomic E-state index is 12.3. The Morgan fingerprint density at radius 3 is 2.74 bits per heavy atom. The molecule has 1 N–H and O–H groups in total. The number of hydrogen-bond acceptors (Lipinski definition) is 4. The third-order valence-electron chi connectivity index (χ3n) is 4.64. The van der Waals surface area contributed by atoms with Crippen molar-refractivity contribution in [3.05, 3.63) is 5.82 Å². The van der Waals surface area contributed by atoms with E-state index in [1.165, 1.54) is 4.90 Å². The highest BCUT2D eigenvalue weighted by Crippen LogP contribution is 2.23. The fourth-order valence-corrected chi connectivity index (χ4v) is 4.01. The second kappa shape index (κ2) is 8.68. The fraction of sp³-hybridized carbons (Fsp3) is 0.812. The first-order valence-electron chi connectivity index (χ1n) is 8.74. The van der Waals surface area contributed by atoms with Crippen molar-refractivity contribution in [3.8, 4) is 0 Å². The Balaban J connectivity index is 1.99. The topological polar surface area (TPSA) is 55.5 Å². The number of nitrogens with one attached hydrogen (secondary N) is 1. The monoisotopic (exact) mass is 340 g/mol. The van der Waals surface area contributed by atoms with E-state index in [-0.39, 0.29) is 5.91 Å². The molecule has 6 nitrogen and oxygen atoms in total. The summed E-state index contributed by atoms with van der Waals surface area (Å²) < 4.78 is 2.13. The smallest absolute Gasteiger partial charge is 0.277 e. The summed E-state index contributed by atoms with van der Waals surface area (Å²) in [7, 11) is 2.06. The van der Waals surface area contributed by atoms with Gasteiger partial charge in [-0.3, -0.25) is 4.79 Å². The lowest BCUT2D eigenvalue weighted by molar-refractivity contribution is -0.898. The standard InChI is InChI=1S/C16H29N5OS/c1-5-21(6-2)14(22)12-20-10-8-9-13(11-20)15-17-18-16(19(15)4)23-7-3/h13H,5-12H2,1-4H3/p+1/t13-/m1/s1. The number of piperidine rings is 1. The van der Waals surface area contributed by atoms with Crippen LogP contribution in [0.2, 0.25) is 0 Å². The first kappa shape index (κ1) is 18.3. The van der Waals surface area contributed by atoms with E-state index in [0.29, 0.717) is 12.5 Å². The minimum Gasteiger partial charge on any atom is -0.338 e. The lowest BCUT2D eigenvalue weighted by Crippen LogP contribution is -3.14. The molecular formula is C16H30N5OS+. The molecule has 23 heavy (non-hydrogen) atoms. The van der Waals surface area contributed by atoms with Gasteiger partial charge in [0.15, 0.2) is 11.7 Å². The SMILES string of the molecule is CCSc1nnc([C@@H]2CCC[NH+](CC(=O)N(CC)CC)C2)n1C. The van der Waals surface area contributed by atoms with Crippen molar-refractivity contribution >= 4 is 17.7 Å². The van der Waals surface area contributed by atoms with Crippen LogP contribution in [0.5, 0.6) is 0 Å². The number of likely N-dealkylation sites (tertiary alicyclic amines) is 1. The Bertz CT molecular complexity index is 515. The highest BCUT2D eigenvalue weighted by atomic mass is 32.2. The van der Waals surface area contributed by atoms with Gasteiger partial charge in [-0.1, -0.05) is 18.7 Å². The normalized spacial score (nSPS) is 21.4. The van der Waals surface area contributed by atoms with Crippen molar-refractivity contribution in [2.45, 2.75) is 44.7 Å². The molecule has 1 aliphatic rings. The number of thioether (sulfide) groups is 1. The van der Waals surface area contributed by atoms with Crippen LogP contribution in [0.25, 0.3) is 0 Å². The number of rotatable bonds is 7. The van der Waals surface area contributed by atoms with Crippen LogP contribution in [0, 0.1) is 0 Å². The number of likely N-dealkylation sites (N-methyl/N-ethyl adjacent to an activating group) is 1. The molecule has 0 aliphatic carbocycles. The van der Waals surface area contributed by atoms with Crippen molar-refractivity contribution in [3.63, 3.8) is 0 Å². The number of carbonyl (C=O) groups excluding carboxylic acids is 1. The van der Waals surface area contributed by atoms with Gasteiger partial charge in [0, 0.05) is 20.1 Å². The van der Waals surface area contributed by atoms with E-state index in [1.54, 1.807) is 11.8 Å². The van der Waals surface area contributed by atoms with E-state index in [0.717, 1.165) is 55.8 Å². The van der Waals surface area contributed by atoms with Gasteiger partial charge in [0.1, 0.15) is 5.82 Å². The van der Waals surface area contributed by atoms with Crippen molar-refractivity contribution in [2.75, 3.05) is 38.5 Å². The average molecular weight is 341 g/mol. The van der Waals surface area contributed by atoms with Crippen LogP contribution < -0.4 is 4.90 Å². The number of hydrogen-bond donors (Lipinski definition) is 1. The molecule has 0 bridgehead atoms. The summed E-state index contributed by atoms with van der Waals surface area (Å²) in [5.41, 5.74) is 0. The number of carbonyl (C=O) groups is 1. The highest BCUT2D eigenvalue weighted by Gasteiger charge is 2.30. The zero-order chi connectivity index (χ0) is 16.8. The molecule has 7 heteroatoms. The number of quaternary nitrogens is 1. The van der Waals surface area contributed by atoms with Crippen LogP contribution >= 0.6 is 11.8 Å². The van der Waals surface area contributed by atoms with Gasteiger partial charge >= 0.3 is 0 Å². The van der Waals surface area contributed by atoms with Crippen LogP contribution in [-0.2, 0) is 11.8 Å². The summed E-state index contributed by atoms with van der Waals surface area (Å²) >= 11 is 1.73. The summed E-state index contributed by atoms with van der Waals surface area (Å²) in [5.74, 6) is 2.76. The van der Waals surface area contributed by atoms with Gasteiger partial charge in [0.25, 0.3) is 5.91 Å². The van der Waals surface area contributed by atoms with Crippen molar-refractivity contribution in [2.24, 2.45) is 7.05 Å². The Morgan fingerprint density at radius 2 is 2.09 bits per heavy atom. The van der Waals surface area contributed by atoms with E-state index in [4.69, 9.17) is 0 Å². The molecule has 0 radical (unpaired) electrons. The lowest BCUT2D eigenvalue weighted by Gasteiger charge is -2.30. The van der Waals surface area contributed by atoms with Crippen molar-refractivity contribution in [1.29, 1.82) is 0 Å². The van der Waals surface area contributed by atoms with Gasteiger partial charge in [0.05, 0.1) is 19.0 Å². The Kier molecular flexibility index (Phi) is 6.89. The van der Waals surface area contributed by atoms with Gasteiger partial charge < -0.3 is 14.4 Å². The third kappa shape index (κ3) is 4.47. The van der Waals surface area contributed by atoms with Crippen LogP contribution in [0.15, 0.2) is 5.16 Å². The molecule has 0 saturated carbocycles. The van der Waals surface area contributed by atoms with Crippen LogP contribution in [0.1, 0.15) is 45.4 Å². The molecule has 1 aliphatic heterocycles. The highest BCUT2D eigenvalue weighted by molar-refractivity contribution is 7.99. The van der Waals surface area contributed by atoms with Crippen LogP contribution in [0.3, 0.4) is 0 Å². The molecular weight excluding hydrogens is 310 g/mol. The molecule has 1 amide bonds. The van der Waals surface area contributed by atoms with Crippen LogP contribution in [-0.4, -0.2) is 64.0 Å². The molecule has 2 atom stereocenters. The molecule has 0 spiro atoms. The second-order valence-corrected chi connectivity index (χ2v) is 7.35. The van der Waals surface area contributed by atoms with E-state index in [9.17, 15) is 4.79 Å². The molecule has 2 rings (SSSR count). The quantitative estimate of drug-likeness (QED) is 0.737. The zero-order valence-electron chi connectivity index (χ0n) is 14.8. The minimum absolute atomic E-state index is 0.269. The molecule has 1 aromatic rings. The van der Waals surface area contributed by atoms with Gasteiger partial charge in [-0.05, 0) is 32.4 Å². The van der Waals surface area contributed by atoms with E-state index in [2.05, 4.69) is 28.7 Å². The maximum absolute atomic E-state index is 12.3. The number of amides is 1. The van der Waals surface area contributed by atoms with Gasteiger partial charge in [-0.2, -0.15) is 0 Å². The summed E-state index contributed by atoms with van der Waals surface area (Å²) in [6.45, 7) is 10.5. The summed E-state index contributed by atoms with van der Waals surface area (Å²) in [5, 5.41) is 9.73. The lowest BCUT2D eigenvalue weighted by atomic mass is 9.97.